The maximum atomic E-state index is 15.4. The van der Waals surface area contributed by atoms with Gasteiger partial charge in [-0.25, -0.2) is 13.8 Å². The molecule has 1 aliphatic rings. The van der Waals surface area contributed by atoms with Gasteiger partial charge in [0.05, 0.1) is 41.4 Å². The molecule has 4 heterocycles. The summed E-state index contributed by atoms with van der Waals surface area (Å²) in [5.41, 5.74) is 1.64. The van der Waals surface area contributed by atoms with Gasteiger partial charge in [-0.15, -0.1) is 0 Å². The first kappa shape index (κ1) is 29.1. The molecule has 9 nitrogen and oxygen atoms in total. The monoisotopic (exact) mass is 597 g/mol. The van der Waals surface area contributed by atoms with Gasteiger partial charge >= 0.3 is 0 Å². The number of anilines is 2. The number of carbonyl (C=O) groups excluding carboxylic acids is 1. The van der Waals surface area contributed by atoms with Crippen molar-refractivity contribution in [1.82, 2.24) is 19.4 Å². The van der Waals surface area contributed by atoms with Gasteiger partial charge in [0.1, 0.15) is 18.2 Å². The van der Waals surface area contributed by atoms with Gasteiger partial charge in [-0.1, -0.05) is 12.1 Å². The first-order valence-electron chi connectivity index (χ1n) is 14.2. The molecule has 1 saturated heterocycles. The highest BCUT2D eigenvalue weighted by Crippen LogP contribution is 2.28. The van der Waals surface area contributed by atoms with Crippen molar-refractivity contribution in [1.29, 1.82) is 0 Å². The van der Waals surface area contributed by atoms with Crippen molar-refractivity contribution in [2.45, 2.75) is 6.42 Å². The van der Waals surface area contributed by atoms with E-state index in [0.29, 0.717) is 34.6 Å². The summed E-state index contributed by atoms with van der Waals surface area (Å²) in [5.74, 6) is -0.974. The van der Waals surface area contributed by atoms with Gasteiger partial charge in [0.25, 0.3) is 5.56 Å². The fourth-order valence-electron chi connectivity index (χ4n) is 5.01. The number of ketones is 1. The van der Waals surface area contributed by atoms with E-state index in [4.69, 9.17) is 9.47 Å². The van der Waals surface area contributed by atoms with E-state index in [9.17, 15) is 14.0 Å². The third-order valence-corrected chi connectivity index (χ3v) is 7.39. The van der Waals surface area contributed by atoms with Gasteiger partial charge < -0.3 is 14.8 Å². The van der Waals surface area contributed by atoms with E-state index < -0.39 is 23.0 Å². The lowest BCUT2D eigenvalue weighted by atomic mass is 10.0. The molecule has 3 aromatic heterocycles. The van der Waals surface area contributed by atoms with Crippen LogP contribution in [0.2, 0.25) is 0 Å². The number of nitrogens with zero attached hydrogens (tertiary/aromatic N) is 4. The van der Waals surface area contributed by atoms with Gasteiger partial charge in [-0.05, 0) is 48.0 Å². The summed E-state index contributed by atoms with van der Waals surface area (Å²) in [6.45, 7) is 4.47. The second-order valence-corrected chi connectivity index (χ2v) is 10.3. The molecular formula is C33H29F2N5O4. The Morgan fingerprint density at radius 2 is 1.80 bits per heavy atom. The van der Waals surface area contributed by atoms with Crippen LogP contribution in [-0.4, -0.2) is 64.7 Å². The Kier molecular flexibility index (Phi) is 8.67. The second kappa shape index (κ2) is 13.1. The van der Waals surface area contributed by atoms with E-state index in [1.807, 2.05) is 0 Å². The molecule has 0 bridgehead atoms. The molecule has 5 aromatic rings. The molecule has 1 N–H and O–H groups in total. The zero-order chi connectivity index (χ0) is 30.5. The van der Waals surface area contributed by atoms with Gasteiger partial charge in [-0.2, -0.15) is 0 Å². The average molecular weight is 598 g/mol. The summed E-state index contributed by atoms with van der Waals surface area (Å²) >= 11 is 0. The van der Waals surface area contributed by atoms with Crippen molar-refractivity contribution in [2.75, 3.05) is 44.8 Å². The van der Waals surface area contributed by atoms with Crippen LogP contribution in [0.5, 0.6) is 5.88 Å². The number of fused-ring (bicyclic) bond motifs is 1. The minimum Gasteiger partial charge on any atom is -0.476 e. The molecule has 11 heteroatoms. The van der Waals surface area contributed by atoms with Gasteiger partial charge in [0.2, 0.25) is 5.88 Å². The summed E-state index contributed by atoms with van der Waals surface area (Å²) < 4.78 is 41.0. The Balaban J connectivity index is 1.16. The number of aromatic nitrogens is 3. The van der Waals surface area contributed by atoms with Crippen LogP contribution < -0.4 is 15.6 Å². The van der Waals surface area contributed by atoms with Crippen LogP contribution in [0.3, 0.4) is 0 Å². The topological polar surface area (TPSA) is 98.6 Å². The zero-order valence-electron chi connectivity index (χ0n) is 23.7. The molecule has 0 atom stereocenters. The van der Waals surface area contributed by atoms with Crippen molar-refractivity contribution in [2.24, 2.45) is 0 Å². The molecule has 0 spiro atoms. The Hall–Kier alpha value is -5.00. The predicted octanol–water partition coefficient (Wildman–Crippen LogP) is 4.94. The summed E-state index contributed by atoms with van der Waals surface area (Å²) in [6, 6.07) is 16.3. The number of ether oxygens (including phenoxy) is 2. The molecule has 1 aliphatic heterocycles. The van der Waals surface area contributed by atoms with Crippen molar-refractivity contribution in [3.63, 3.8) is 0 Å². The summed E-state index contributed by atoms with van der Waals surface area (Å²) in [6.07, 6.45) is 4.66. The Bertz CT molecular complexity index is 1860. The SMILES string of the molecule is O=C(Cc1ccc(F)cc1)c1cccn(-c2ccc(Nc3ccnc4cc(OCCN5CCOCC5)ncc34)c(F)c2)c1=O. The maximum absolute atomic E-state index is 15.4. The summed E-state index contributed by atoms with van der Waals surface area (Å²) in [7, 11) is 0. The van der Waals surface area contributed by atoms with Crippen LogP contribution in [-0.2, 0) is 11.2 Å². The highest BCUT2D eigenvalue weighted by atomic mass is 19.1. The number of hydrogen-bond acceptors (Lipinski definition) is 8. The molecule has 224 valence electrons. The quantitative estimate of drug-likeness (QED) is 0.226. The molecule has 0 unspecified atom stereocenters. The van der Waals surface area contributed by atoms with Crippen molar-refractivity contribution >= 4 is 28.1 Å². The number of nitrogens with one attached hydrogen (secondary N) is 1. The molecular weight excluding hydrogens is 568 g/mol. The lowest BCUT2D eigenvalue weighted by molar-refractivity contribution is 0.0320. The van der Waals surface area contributed by atoms with Gasteiger partial charge in [0.15, 0.2) is 5.78 Å². The van der Waals surface area contributed by atoms with Crippen LogP contribution in [0.15, 0.2) is 90.1 Å². The average Bonchev–Trinajstić information content (AvgIpc) is 3.04. The number of halogens is 2. The van der Waals surface area contributed by atoms with Crippen LogP contribution >= 0.6 is 0 Å². The molecule has 0 saturated carbocycles. The fraction of sp³-hybridized carbons (Fsp3) is 0.212. The first-order valence-corrected chi connectivity index (χ1v) is 14.2. The minimum atomic E-state index is -0.599. The highest BCUT2D eigenvalue weighted by Gasteiger charge is 2.16. The molecule has 0 aliphatic carbocycles. The number of Topliss-reactive ketones (excluding diaryl/α,β-unsaturated/α-hetero) is 1. The largest absolute Gasteiger partial charge is 0.476 e. The van der Waals surface area contributed by atoms with Crippen LogP contribution in [0.4, 0.5) is 20.2 Å². The van der Waals surface area contributed by atoms with E-state index >= 15 is 4.39 Å². The van der Waals surface area contributed by atoms with E-state index in [2.05, 4.69) is 20.2 Å². The molecule has 2 aromatic carbocycles. The lowest BCUT2D eigenvalue weighted by Crippen LogP contribution is -2.38. The molecule has 1 fully saturated rings. The van der Waals surface area contributed by atoms with Crippen molar-refractivity contribution in [3.05, 3.63) is 118 Å². The van der Waals surface area contributed by atoms with Crippen LogP contribution in [0.1, 0.15) is 15.9 Å². The standard InChI is InChI=1S/C33H29F2N5O4/c34-23-5-3-22(4-6-23)18-31(41)25-2-1-11-40(33(25)42)24-7-8-29(27(35)19-24)38-28-9-10-36-30-20-32(37-21-26(28)30)44-17-14-39-12-15-43-16-13-39/h1-11,19-21H,12-18H2,(H,36,38). The minimum absolute atomic E-state index is 0.0420. The van der Waals surface area contributed by atoms with Crippen molar-refractivity contribution < 1.29 is 23.0 Å². The fourth-order valence-corrected chi connectivity index (χ4v) is 5.01. The predicted molar refractivity (Wildman–Crippen MR) is 162 cm³/mol. The number of hydrogen-bond donors (Lipinski definition) is 1. The van der Waals surface area contributed by atoms with E-state index in [1.165, 1.54) is 53.2 Å². The normalized spacial score (nSPS) is 13.6. The number of rotatable bonds is 10. The Labute approximate surface area is 251 Å². The number of morpholine rings is 1. The number of benzene rings is 2. The first-order chi connectivity index (χ1) is 21.4. The molecule has 0 amide bonds. The molecule has 44 heavy (non-hydrogen) atoms. The third kappa shape index (κ3) is 6.64. The Morgan fingerprint density at radius 1 is 0.977 bits per heavy atom. The third-order valence-electron chi connectivity index (χ3n) is 7.39. The molecule has 0 radical (unpaired) electrons. The smallest absolute Gasteiger partial charge is 0.265 e. The Morgan fingerprint density at radius 3 is 2.59 bits per heavy atom. The summed E-state index contributed by atoms with van der Waals surface area (Å²) in [4.78, 5) is 37.1. The van der Waals surface area contributed by atoms with Crippen molar-refractivity contribution in [3.8, 4) is 11.6 Å². The van der Waals surface area contributed by atoms with Crippen LogP contribution in [0, 0.1) is 11.6 Å². The van der Waals surface area contributed by atoms with Crippen LogP contribution in [0.25, 0.3) is 16.6 Å². The van der Waals surface area contributed by atoms with E-state index in [0.717, 1.165) is 32.8 Å². The highest BCUT2D eigenvalue weighted by molar-refractivity contribution is 5.97. The number of carbonyl (C=O) groups is 1. The van der Waals surface area contributed by atoms with E-state index in [-0.39, 0.29) is 23.4 Å². The van der Waals surface area contributed by atoms with Gasteiger partial charge in [0, 0.05) is 62.2 Å². The molecule has 6 rings (SSSR count). The number of pyridine rings is 3. The van der Waals surface area contributed by atoms with E-state index in [1.54, 1.807) is 36.7 Å². The summed E-state index contributed by atoms with van der Waals surface area (Å²) in [5, 5.41) is 3.77. The lowest BCUT2D eigenvalue weighted by Gasteiger charge is -2.26. The zero-order valence-corrected chi connectivity index (χ0v) is 23.7. The van der Waals surface area contributed by atoms with Gasteiger partial charge in [-0.3, -0.25) is 24.0 Å². The second-order valence-electron chi connectivity index (χ2n) is 10.3. The maximum Gasteiger partial charge on any atom is 0.265 e.